The largest absolute Gasteiger partial charge is 0.449 e. The van der Waals surface area contributed by atoms with Gasteiger partial charge in [-0.3, -0.25) is 4.98 Å². The van der Waals surface area contributed by atoms with E-state index in [-0.39, 0.29) is 12.2 Å². The normalized spacial score (nSPS) is 8.92. The molecule has 0 aromatic carbocycles. The fourth-order valence-electron chi connectivity index (χ4n) is 0.726. The molecule has 0 amide bonds. The zero-order valence-corrected chi connectivity index (χ0v) is 6.66. The van der Waals surface area contributed by atoms with Crippen molar-refractivity contribution in [3.63, 3.8) is 0 Å². The molecule has 0 N–H and O–H groups in total. The summed E-state index contributed by atoms with van der Waals surface area (Å²) in [6.07, 6.45) is 7.10. The van der Waals surface area contributed by atoms with Crippen LogP contribution in [0.2, 0.25) is 0 Å². The van der Waals surface area contributed by atoms with Crippen molar-refractivity contribution in [3.8, 4) is 12.3 Å². The molecule has 0 unspecified atom stereocenters. The van der Waals surface area contributed by atoms with Crippen LogP contribution in [0.25, 0.3) is 0 Å². The highest BCUT2D eigenvalue weighted by Crippen LogP contribution is 2.05. The van der Waals surface area contributed by atoms with Crippen molar-refractivity contribution in [2.75, 3.05) is 6.61 Å². The second kappa shape index (κ2) is 4.21. The van der Waals surface area contributed by atoms with Crippen molar-refractivity contribution in [3.05, 3.63) is 29.8 Å². The first kappa shape index (κ1) is 9.20. The maximum absolute atomic E-state index is 12.9. The summed E-state index contributed by atoms with van der Waals surface area (Å²) in [5.74, 6) is 0.609. The highest BCUT2D eigenvalue weighted by Gasteiger charge is 2.11. The second-order valence-electron chi connectivity index (χ2n) is 2.14. The van der Waals surface area contributed by atoms with E-state index in [1.165, 1.54) is 12.3 Å². The summed E-state index contributed by atoms with van der Waals surface area (Å²) in [6, 6.07) is 1.23. The number of hydrogen-bond acceptors (Lipinski definition) is 3. The smallest absolute Gasteiger partial charge is 0.342 e. The van der Waals surface area contributed by atoms with Gasteiger partial charge in [0, 0.05) is 6.20 Å². The van der Waals surface area contributed by atoms with Crippen LogP contribution < -0.4 is 0 Å². The number of carbonyl (C=O) groups is 1. The minimum absolute atomic E-state index is 0.162. The molecule has 1 heterocycles. The molecule has 0 spiro atoms. The van der Waals surface area contributed by atoms with E-state index in [9.17, 15) is 9.18 Å². The molecule has 1 aromatic heterocycles. The van der Waals surface area contributed by atoms with Crippen LogP contribution in [0.15, 0.2) is 18.5 Å². The molecule has 0 aliphatic carbocycles. The van der Waals surface area contributed by atoms with Gasteiger partial charge in [0.1, 0.15) is 0 Å². The number of terminal acetylenes is 1. The SMILES string of the molecule is C#CCOC(=O)c1ccncc1F. The van der Waals surface area contributed by atoms with Crippen LogP contribution in [0.4, 0.5) is 4.39 Å². The monoisotopic (exact) mass is 179 g/mol. The molecule has 0 saturated carbocycles. The van der Waals surface area contributed by atoms with Gasteiger partial charge in [0.25, 0.3) is 0 Å². The average molecular weight is 179 g/mol. The number of ether oxygens (including phenoxy) is 1. The first-order valence-electron chi connectivity index (χ1n) is 3.46. The summed E-state index contributed by atoms with van der Waals surface area (Å²) in [5.41, 5.74) is -0.162. The first-order valence-corrected chi connectivity index (χ1v) is 3.46. The summed E-state index contributed by atoms with van der Waals surface area (Å²) in [6.45, 7) is -0.166. The predicted molar refractivity (Wildman–Crippen MR) is 43.3 cm³/mol. The van der Waals surface area contributed by atoms with Gasteiger partial charge in [-0.25, -0.2) is 9.18 Å². The van der Waals surface area contributed by atoms with Crippen molar-refractivity contribution in [2.24, 2.45) is 0 Å². The molecule has 0 aliphatic rings. The molecule has 0 saturated heterocycles. The van der Waals surface area contributed by atoms with Crippen molar-refractivity contribution in [2.45, 2.75) is 0 Å². The molecule has 0 fully saturated rings. The highest BCUT2D eigenvalue weighted by molar-refractivity contribution is 5.89. The van der Waals surface area contributed by atoms with E-state index in [0.717, 1.165) is 6.20 Å². The Morgan fingerprint density at radius 1 is 1.77 bits per heavy atom. The Kier molecular flexibility index (Phi) is 2.98. The summed E-state index contributed by atoms with van der Waals surface area (Å²) >= 11 is 0. The lowest BCUT2D eigenvalue weighted by Gasteiger charge is -2.00. The van der Waals surface area contributed by atoms with E-state index < -0.39 is 11.8 Å². The number of esters is 1. The van der Waals surface area contributed by atoms with Gasteiger partial charge in [0.15, 0.2) is 12.4 Å². The molecule has 0 bridgehead atoms. The van der Waals surface area contributed by atoms with Crippen LogP contribution in [0.5, 0.6) is 0 Å². The molecular weight excluding hydrogens is 173 g/mol. The Morgan fingerprint density at radius 2 is 2.54 bits per heavy atom. The van der Waals surface area contributed by atoms with Crippen LogP contribution in [0.3, 0.4) is 0 Å². The lowest BCUT2D eigenvalue weighted by molar-refractivity contribution is 0.0551. The van der Waals surface area contributed by atoms with E-state index in [0.29, 0.717) is 0 Å². The lowest BCUT2D eigenvalue weighted by atomic mass is 10.2. The number of halogens is 1. The van der Waals surface area contributed by atoms with Gasteiger partial charge in [-0.15, -0.1) is 6.42 Å². The molecule has 13 heavy (non-hydrogen) atoms. The van der Waals surface area contributed by atoms with Gasteiger partial charge in [-0.05, 0) is 6.07 Å². The van der Waals surface area contributed by atoms with Gasteiger partial charge in [0.2, 0.25) is 0 Å². The Balaban J connectivity index is 2.78. The van der Waals surface area contributed by atoms with Crippen molar-refractivity contribution in [1.82, 2.24) is 4.98 Å². The van der Waals surface area contributed by atoms with Gasteiger partial charge < -0.3 is 4.74 Å². The lowest BCUT2D eigenvalue weighted by Crippen LogP contribution is -2.07. The fraction of sp³-hybridized carbons (Fsp3) is 0.111. The minimum Gasteiger partial charge on any atom is -0.449 e. The molecule has 66 valence electrons. The molecule has 4 heteroatoms. The molecule has 1 rings (SSSR count). The number of pyridine rings is 1. The molecule has 1 aromatic rings. The van der Waals surface area contributed by atoms with E-state index in [4.69, 9.17) is 6.42 Å². The number of nitrogens with zero attached hydrogens (tertiary/aromatic N) is 1. The van der Waals surface area contributed by atoms with Gasteiger partial charge >= 0.3 is 5.97 Å². The number of carbonyl (C=O) groups excluding carboxylic acids is 1. The summed E-state index contributed by atoms with van der Waals surface area (Å²) < 4.78 is 17.4. The highest BCUT2D eigenvalue weighted by atomic mass is 19.1. The fourth-order valence-corrected chi connectivity index (χ4v) is 0.726. The van der Waals surface area contributed by atoms with E-state index in [1.54, 1.807) is 0 Å². The average Bonchev–Trinajstić information content (AvgIpc) is 2.15. The van der Waals surface area contributed by atoms with Crippen molar-refractivity contribution < 1.29 is 13.9 Å². The van der Waals surface area contributed by atoms with E-state index in [2.05, 4.69) is 15.6 Å². The zero-order valence-electron chi connectivity index (χ0n) is 6.66. The van der Waals surface area contributed by atoms with Gasteiger partial charge in [-0.1, -0.05) is 5.92 Å². The summed E-state index contributed by atoms with van der Waals surface area (Å²) in [5, 5.41) is 0. The number of hydrogen-bond donors (Lipinski definition) is 0. The van der Waals surface area contributed by atoms with Crippen molar-refractivity contribution >= 4 is 5.97 Å². The number of aromatic nitrogens is 1. The third-order valence-corrected chi connectivity index (χ3v) is 1.28. The van der Waals surface area contributed by atoms with Crippen molar-refractivity contribution in [1.29, 1.82) is 0 Å². The Morgan fingerprint density at radius 3 is 3.15 bits per heavy atom. The topological polar surface area (TPSA) is 39.2 Å². The maximum atomic E-state index is 12.9. The van der Waals surface area contributed by atoms with E-state index in [1.807, 2.05) is 0 Å². The van der Waals surface area contributed by atoms with Crippen LogP contribution in [-0.2, 0) is 4.74 Å². The third kappa shape index (κ3) is 2.27. The minimum atomic E-state index is -0.780. The Hall–Kier alpha value is -1.89. The summed E-state index contributed by atoms with van der Waals surface area (Å²) in [7, 11) is 0. The van der Waals surface area contributed by atoms with Gasteiger partial charge in [-0.2, -0.15) is 0 Å². The van der Waals surface area contributed by atoms with Crippen LogP contribution in [-0.4, -0.2) is 17.6 Å². The third-order valence-electron chi connectivity index (χ3n) is 1.28. The quantitative estimate of drug-likeness (QED) is 0.502. The molecule has 0 radical (unpaired) electrons. The Bertz CT molecular complexity index is 357. The summed E-state index contributed by atoms with van der Waals surface area (Å²) in [4.78, 5) is 14.5. The zero-order chi connectivity index (χ0) is 9.68. The standard InChI is InChI=1S/C9H6FNO2/c1-2-5-13-9(12)7-3-4-11-6-8(7)10/h1,3-4,6H,5H2. The first-order chi connectivity index (χ1) is 6.25. The maximum Gasteiger partial charge on any atom is 0.342 e. The molecule has 0 atom stereocenters. The molecule has 0 aliphatic heterocycles. The van der Waals surface area contributed by atoms with Crippen LogP contribution in [0, 0.1) is 18.2 Å². The van der Waals surface area contributed by atoms with Crippen LogP contribution in [0.1, 0.15) is 10.4 Å². The van der Waals surface area contributed by atoms with E-state index >= 15 is 0 Å². The Labute approximate surface area is 74.6 Å². The predicted octanol–water partition coefficient (Wildman–Crippen LogP) is 1.01. The molecule has 3 nitrogen and oxygen atoms in total. The number of rotatable bonds is 2. The second-order valence-corrected chi connectivity index (χ2v) is 2.14. The van der Waals surface area contributed by atoms with Crippen LogP contribution >= 0.6 is 0 Å². The molecular formula is C9H6FNO2. The van der Waals surface area contributed by atoms with Gasteiger partial charge in [0.05, 0.1) is 11.8 Å².